The third kappa shape index (κ3) is 4.61. The average molecular weight is 660 g/mol. The van der Waals surface area contributed by atoms with Gasteiger partial charge in [-0.15, -0.1) is 5.10 Å². The lowest BCUT2D eigenvalue weighted by Crippen LogP contribution is -2.47. The molecule has 228 valence electrons. The Hall–Kier alpha value is -3.77. The van der Waals surface area contributed by atoms with Gasteiger partial charge in [0.25, 0.3) is 0 Å². The van der Waals surface area contributed by atoms with Crippen molar-refractivity contribution in [1.29, 1.82) is 0 Å². The second-order valence-corrected chi connectivity index (χ2v) is 13.2. The molecular formula is C32H35BrN8O3. The van der Waals surface area contributed by atoms with Gasteiger partial charge in [0.05, 0.1) is 17.4 Å². The maximum Gasteiger partial charge on any atom is 0.405 e. The molecule has 1 spiro atoms. The summed E-state index contributed by atoms with van der Waals surface area (Å²) in [5.74, 6) is 1.57. The number of anilines is 3. The standard InChI is InChI=1S/C32H35BrN8O3/c33-27-30(39-16-12-32(13-17-39)19-20-7-1-2-8-21(20)26(32)36-31(42)43)37-28-25(35-27)29(38-41(28)24-11-3-4-18-44-24)40-15-6-9-22-23(40)10-5-14-34-22/h1-2,5,7-8,10,14,24,26,36H,3-4,6,9,11-13,15-19H2,(H,42,43)/t24?,26-/m1/s1. The number of hydrogen-bond acceptors (Lipinski definition) is 8. The molecule has 1 amide bonds. The molecule has 3 aromatic heterocycles. The van der Waals surface area contributed by atoms with E-state index >= 15 is 0 Å². The fourth-order valence-corrected chi connectivity index (χ4v) is 8.31. The second-order valence-electron chi connectivity index (χ2n) is 12.4. The van der Waals surface area contributed by atoms with Crippen molar-refractivity contribution in [2.24, 2.45) is 5.41 Å². The van der Waals surface area contributed by atoms with Gasteiger partial charge in [-0.25, -0.2) is 19.4 Å². The summed E-state index contributed by atoms with van der Waals surface area (Å²) >= 11 is 3.79. The van der Waals surface area contributed by atoms with Crippen LogP contribution in [0.3, 0.4) is 0 Å². The van der Waals surface area contributed by atoms with Gasteiger partial charge in [0, 0.05) is 37.9 Å². The summed E-state index contributed by atoms with van der Waals surface area (Å²) in [7, 11) is 0. The number of rotatable bonds is 4. The minimum atomic E-state index is -0.978. The molecule has 2 saturated heterocycles. The van der Waals surface area contributed by atoms with Gasteiger partial charge in [-0.1, -0.05) is 24.3 Å². The zero-order chi connectivity index (χ0) is 29.8. The normalized spacial score (nSPS) is 22.7. The van der Waals surface area contributed by atoms with Crippen LogP contribution >= 0.6 is 15.9 Å². The van der Waals surface area contributed by atoms with E-state index in [1.54, 1.807) is 0 Å². The van der Waals surface area contributed by atoms with Gasteiger partial charge in [0.15, 0.2) is 29.0 Å². The Labute approximate surface area is 263 Å². The molecule has 4 aliphatic rings. The van der Waals surface area contributed by atoms with Crippen LogP contribution in [-0.4, -0.2) is 62.2 Å². The number of hydrogen-bond donors (Lipinski definition) is 2. The van der Waals surface area contributed by atoms with Crippen LogP contribution < -0.4 is 15.1 Å². The monoisotopic (exact) mass is 658 g/mol. The number of piperidine rings is 1. The Morgan fingerprint density at radius 2 is 1.91 bits per heavy atom. The van der Waals surface area contributed by atoms with Gasteiger partial charge in [0.2, 0.25) is 0 Å². The minimum absolute atomic E-state index is 0.164. The van der Waals surface area contributed by atoms with E-state index in [4.69, 9.17) is 19.8 Å². The van der Waals surface area contributed by atoms with Crippen LogP contribution in [0.1, 0.15) is 67.6 Å². The average Bonchev–Trinajstić information content (AvgIpc) is 3.56. The molecule has 0 saturated carbocycles. The molecule has 1 aliphatic carbocycles. The molecule has 2 N–H and O–H groups in total. The van der Waals surface area contributed by atoms with E-state index in [0.717, 1.165) is 111 Å². The largest absolute Gasteiger partial charge is 0.465 e. The van der Waals surface area contributed by atoms with E-state index in [-0.39, 0.29) is 17.7 Å². The smallest absolute Gasteiger partial charge is 0.405 e. The van der Waals surface area contributed by atoms with E-state index in [1.807, 2.05) is 29.1 Å². The highest BCUT2D eigenvalue weighted by Crippen LogP contribution is 2.52. The minimum Gasteiger partial charge on any atom is -0.465 e. The topological polar surface area (TPSA) is 122 Å². The van der Waals surface area contributed by atoms with E-state index < -0.39 is 6.09 Å². The molecule has 2 atom stereocenters. The summed E-state index contributed by atoms with van der Waals surface area (Å²) in [6, 6.07) is 12.1. The van der Waals surface area contributed by atoms with Gasteiger partial charge in [-0.05, 0) is 90.6 Å². The summed E-state index contributed by atoms with van der Waals surface area (Å²) in [5.41, 5.74) is 5.79. The second kappa shape index (κ2) is 11.0. The first kappa shape index (κ1) is 27.8. The van der Waals surface area contributed by atoms with Crippen molar-refractivity contribution in [3.05, 3.63) is 64.0 Å². The molecule has 12 heteroatoms. The molecule has 2 fully saturated rings. The van der Waals surface area contributed by atoms with Crippen LogP contribution in [0, 0.1) is 5.41 Å². The molecule has 1 aromatic carbocycles. The van der Waals surface area contributed by atoms with Crippen LogP contribution in [0.15, 0.2) is 47.2 Å². The fourth-order valence-electron chi connectivity index (χ4n) is 7.79. The Bertz CT molecular complexity index is 1730. The highest BCUT2D eigenvalue weighted by Gasteiger charge is 2.48. The number of amides is 1. The zero-order valence-corrected chi connectivity index (χ0v) is 26.0. The third-order valence-electron chi connectivity index (χ3n) is 9.93. The molecule has 11 nitrogen and oxygen atoms in total. The number of ether oxygens (including phenoxy) is 1. The lowest BCUT2D eigenvalue weighted by molar-refractivity contribution is -0.0368. The number of carboxylic acid groups (broad SMARTS) is 1. The Balaban J connectivity index is 1.15. The molecule has 0 radical (unpaired) electrons. The molecule has 6 heterocycles. The summed E-state index contributed by atoms with van der Waals surface area (Å²) < 4.78 is 8.85. The van der Waals surface area contributed by atoms with Crippen LogP contribution in [0.2, 0.25) is 0 Å². The molecule has 3 aliphatic heterocycles. The SMILES string of the molecule is O=C(O)N[C@@H]1c2ccccc2CC12CCN(c1nc3c(nc1Br)c(N1CCCc4ncccc41)nn3C1CCCCO1)CC2. The Morgan fingerprint density at radius 3 is 2.73 bits per heavy atom. The molecule has 4 aromatic rings. The number of nitrogens with zero attached hydrogens (tertiary/aromatic N) is 7. The van der Waals surface area contributed by atoms with Crippen molar-refractivity contribution in [3.8, 4) is 0 Å². The summed E-state index contributed by atoms with van der Waals surface area (Å²) in [6.45, 7) is 3.03. The number of aromatic nitrogens is 5. The fraction of sp³-hybridized carbons (Fsp3) is 0.469. The summed E-state index contributed by atoms with van der Waals surface area (Å²) in [5, 5.41) is 17.7. The third-order valence-corrected chi connectivity index (χ3v) is 10.5. The number of nitrogens with one attached hydrogen (secondary N) is 1. The number of benzene rings is 1. The van der Waals surface area contributed by atoms with E-state index in [0.29, 0.717) is 11.2 Å². The van der Waals surface area contributed by atoms with Crippen molar-refractivity contribution in [3.63, 3.8) is 0 Å². The van der Waals surface area contributed by atoms with Crippen molar-refractivity contribution in [2.45, 2.75) is 63.6 Å². The maximum absolute atomic E-state index is 11.8. The molecular weight excluding hydrogens is 624 g/mol. The Kier molecular flexibility index (Phi) is 6.93. The van der Waals surface area contributed by atoms with Gasteiger partial charge < -0.3 is 25.0 Å². The van der Waals surface area contributed by atoms with Gasteiger partial charge in [-0.2, -0.15) is 0 Å². The molecule has 0 bridgehead atoms. The van der Waals surface area contributed by atoms with Crippen molar-refractivity contribution in [1.82, 2.24) is 30.0 Å². The number of aryl methyl sites for hydroxylation is 1. The van der Waals surface area contributed by atoms with Crippen molar-refractivity contribution >= 4 is 50.5 Å². The first-order chi connectivity index (χ1) is 21.5. The Morgan fingerprint density at radius 1 is 1.05 bits per heavy atom. The molecule has 8 rings (SSSR count). The summed E-state index contributed by atoms with van der Waals surface area (Å²) in [4.78, 5) is 31.3. The molecule has 1 unspecified atom stereocenters. The van der Waals surface area contributed by atoms with Gasteiger partial charge >= 0.3 is 6.09 Å². The maximum atomic E-state index is 11.8. The number of carbonyl (C=O) groups is 1. The number of halogens is 1. The predicted octanol–water partition coefficient (Wildman–Crippen LogP) is 5.92. The van der Waals surface area contributed by atoms with Gasteiger partial charge in [0.1, 0.15) is 4.60 Å². The lowest BCUT2D eigenvalue weighted by Gasteiger charge is -2.43. The van der Waals surface area contributed by atoms with Crippen LogP contribution in [-0.2, 0) is 17.6 Å². The number of fused-ring (bicyclic) bond motifs is 3. The molecule has 44 heavy (non-hydrogen) atoms. The van der Waals surface area contributed by atoms with Crippen LogP contribution in [0.5, 0.6) is 0 Å². The van der Waals surface area contributed by atoms with E-state index in [1.165, 1.54) is 5.56 Å². The lowest BCUT2D eigenvalue weighted by atomic mass is 9.72. The van der Waals surface area contributed by atoms with Crippen molar-refractivity contribution < 1.29 is 14.6 Å². The number of pyridine rings is 1. The van der Waals surface area contributed by atoms with Crippen LogP contribution in [0.25, 0.3) is 11.2 Å². The quantitative estimate of drug-likeness (QED) is 0.275. The van der Waals surface area contributed by atoms with E-state index in [9.17, 15) is 9.90 Å². The highest BCUT2D eigenvalue weighted by atomic mass is 79.9. The highest BCUT2D eigenvalue weighted by molar-refractivity contribution is 9.10. The first-order valence-corrected chi connectivity index (χ1v) is 16.4. The summed E-state index contributed by atoms with van der Waals surface area (Å²) in [6.07, 6.45) is 8.18. The zero-order valence-electron chi connectivity index (χ0n) is 24.5. The van der Waals surface area contributed by atoms with Crippen molar-refractivity contribution in [2.75, 3.05) is 36.0 Å². The van der Waals surface area contributed by atoms with E-state index in [2.05, 4.69) is 54.2 Å². The first-order valence-electron chi connectivity index (χ1n) is 15.6. The van der Waals surface area contributed by atoms with Gasteiger partial charge in [-0.3, -0.25) is 4.98 Å². The predicted molar refractivity (Wildman–Crippen MR) is 169 cm³/mol. The van der Waals surface area contributed by atoms with Crippen LogP contribution in [0.4, 0.5) is 22.1 Å².